The molecule has 24 heavy (non-hydrogen) atoms. The van der Waals surface area contributed by atoms with E-state index < -0.39 is 6.10 Å². The summed E-state index contributed by atoms with van der Waals surface area (Å²) in [7, 11) is 0. The lowest BCUT2D eigenvalue weighted by Gasteiger charge is -2.17. The van der Waals surface area contributed by atoms with Gasteiger partial charge in [-0.3, -0.25) is 9.59 Å². The van der Waals surface area contributed by atoms with Gasteiger partial charge in [0.15, 0.2) is 6.10 Å². The van der Waals surface area contributed by atoms with Crippen molar-refractivity contribution in [3.8, 4) is 5.75 Å². The Balaban J connectivity index is 2.05. The first kappa shape index (κ1) is 17.8. The van der Waals surface area contributed by atoms with Crippen molar-refractivity contribution in [2.24, 2.45) is 0 Å². The van der Waals surface area contributed by atoms with Crippen LogP contribution in [0.5, 0.6) is 5.75 Å². The second-order valence-electron chi connectivity index (χ2n) is 5.22. The zero-order valence-corrected chi connectivity index (χ0v) is 14.3. The molecule has 0 radical (unpaired) electrons. The highest BCUT2D eigenvalue weighted by Gasteiger charge is 2.18. The van der Waals surface area contributed by atoms with Crippen LogP contribution in [0.25, 0.3) is 0 Å². The maximum Gasteiger partial charge on any atom is 0.265 e. The van der Waals surface area contributed by atoms with E-state index in [1.807, 2.05) is 6.92 Å². The summed E-state index contributed by atoms with van der Waals surface area (Å²) in [6, 6.07) is 13.8. The number of rotatable bonds is 6. The lowest BCUT2D eigenvalue weighted by Crippen LogP contribution is -2.32. The van der Waals surface area contributed by atoms with E-state index in [0.29, 0.717) is 28.6 Å². The number of anilines is 2. The molecule has 2 amide bonds. The standard InChI is InChI=1S/C18H19ClN2O3/c1-3-17(24-16-9-4-6-13(19)10-16)18(23)21-15-8-5-7-14(11-15)20-12(2)22/h4-11,17H,3H2,1-2H3,(H,20,22)(H,21,23)/t17-/m1/s1. The molecule has 1 atom stereocenters. The Hall–Kier alpha value is -2.53. The Morgan fingerprint density at radius 1 is 1.08 bits per heavy atom. The molecular formula is C18H19ClN2O3. The number of halogens is 1. The molecular weight excluding hydrogens is 328 g/mol. The predicted molar refractivity (Wildman–Crippen MR) is 95.5 cm³/mol. The average Bonchev–Trinajstić information content (AvgIpc) is 2.52. The number of hydrogen-bond donors (Lipinski definition) is 2. The molecule has 0 fully saturated rings. The van der Waals surface area contributed by atoms with Crippen LogP contribution in [0, 0.1) is 0 Å². The minimum atomic E-state index is -0.645. The SMILES string of the molecule is CC[C@@H](Oc1cccc(Cl)c1)C(=O)Nc1cccc(NC(C)=O)c1. The average molecular weight is 347 g/mol. The van der Waals surface area contributed by atoms with Gasteiger partial charge in [-0.1, -0.05) is 30.7 Å². The van der Waals surface area contributed by atoms with E-state index in [9.17, 15) is 9.59 Å². The fourth-order valence-corrected chi connectivity index (χ4v) is 2.31. The second kappa shape index (κ2) is 8.36. The van der Waals surface area contributed by atoms with Crippen molar-refractivity contribution in [1.82, 2.24) is 0 Å². The summed E-state index contributed by atoms with van der Waals surface area (Å²) < 4.78 is 5.71. The minimum Gasteiger partial charge on any atom is -0.481 e. The molecule has 0 aliphatic carbocycles. The Kier molecular flexibility index (Phi) is 6.21. The highest BCUT2D eigenvalue weighted by Crippen LogP contribution is 2.20. The molecule has 2 aromatic rings. The van der Waals surface area contributed by atoms with E-state index in [4.69, 9.17) is 16.3 Å². The summed E-state index contributed by atoms with van der Waals surface area (Å²) in [5.41, 5.74) is 1.20. The molecule has 0 saturated heterocycles. The third kappa shape index (κ3) is 5.28. The largest absolute Gasteiger partial charge is 0.481 e. The van der Waals surface area contributed by atoms with Gasteiger partial charge in [0.25, 0.3) is 5.91 Å². The van der Waals surface area contributed by atoms with Crippen molar-refractivity contribution in [3.05, 3.63) is 53.6 Å². The van der Waals surface area contributed by atoms with Crippen LogP contribution in [0.4, 0.5) is 11.4 Å². The van der Waals surface area contributed by atoms with E-state index in [-0.39, 0.29) is 11.8 Å². The third-order valence-electron chi connectivity index (χ3n) is 3.19. The van der Waals surface area contributed by atoms with E-state index in [2.05, 4.69) is 10.6 Å². The van der Waals surface area contributed by atoms with E-state index in [0.717, 1.165) is 0 Å². The van der Waals surface area contributed by atoms with Gasteiger partial charge in [-0.2, -0.15) is 0 Å². The summed E-state index contributed by atoms with van der Waals surface area (Å²) >= 11 is 5.92. The highest BCUT2D eigenvalue weighted by atomic mass is 35.5. The highest BCUT2D eigenvalue weighted by molar-refractivity contribution is 6.30. The third-order valence-corrected chi connectivity index (χ3v) is 3.42. The molecule has 0 aliphatic rings. The number of nitrogens with one attached hydrogen (secondary N) is 2. The predicted octanol–water partition coefficient (Wildman–Crippen LogP) is 4.09. The zero-order chi connectivity index (χ0) is 17.5. The molecule has 2 rings (SSSR count). The van der Waals surface area contributed by atoms with Gasteiger partial charge in [-0.25, -0.2) is 0 Å². The van der Waals surface area contributed by atoms with Crippen LogP contribution in [-0.4, -0.2) is 17.9 Å². The van der Waals surface area contributed by atoms with Crippen LogP contribution in [0.2, 0.25) is 5.02 Å². The first-order chi connectivity index (χ1) is 11.5. The van der Waals surface area contributed by atoms with Crippen molar-refractivity contribution >= 4 is 34.8 Å². The summed E-state index contributed by atoms with van der Waals surface area (Å²) in [5.74, 6) is 0.100. The van der Waals surface area contributed by atoms with Crippen molar-refractivity contribution in [2.45, 2.75) is 26.4 Å². The van der Waals surface area contributed by atoms with Gasteiger partial charge in [0, 0.05) is 23.3 Å². The first-order valence-corrected chi connectivity index (χ1v) is 7.96. The van der Waals surface area contributed by atoms with Crippen LogP contribution in [0.15, 0.2) is 48.5 Å². The zero-order valence-electron chi connectivity index (χ0n) is 13.5. The summed E-state index contributed by atoms with van der Waals surface area (Å²) in [6.45, 7) is 3.29. The number of ether oxygens (including phenoxy) is 1. The van der Waals surface area contributed by atoms with Crippen molar-refractivity contribution in [1.29, 1.82) is 0 Å². The Labute approximate surface area is 146 Å². The summed E-state index contributed by atoms with van der Waals surface area (Å²) in [4.78, 5) is 23.5. The van der Waals surface area contributed by atoms with E-state index in [1.165, 1.54) is 6.92 Å². The minimum absolute atomic E-state index is 0.172. The normalized spacial score (nSPS) is 11.5. The molecule has 0 spiro atoms. The molecule has 2 N–H and O–H groups in total. The molecule has 5 nitrogen and oxygen atoms in total. The van der Waals surface area contributed by atoms with Gasteiger partial charge < -0.3 is 15.4 Å². The van der Waals surface area contributed by atoms with Gasteiger partial charge in [0.05, 0.1) is 0 Å². The maximum absolute atomic E-state index is 12.4. The van der Waals surface area contributed by atoms with Crippen molar-refractivity contribution in [2.75, 3.05) is 10.6 Å². The fraction of sp³-hybridized carbons (Fsp3) is 0.222. The Morgan fingerprint density at radius 3 is 2.38 bits per heavy atom. The van der Waals surface area contributed by atoms with Gasteiger partial charge in [0.2, 0.25) is 5.91 Å². The molecule has 6 heteroatoms. The molecule has 0 aromatic heterocycles. The van der Waals surface area contributed by atoms with E-state index in [1.54, 1.807) is 48.5 Å². The van der Waals surface area contributed by atoms with E-state index >= 15 is 0 Å². The fourth-order valence-electron chi connectivity index (χ4n) is 2.13. The number of benzene rings is 2. The molecule has 0 heterocycles. The number of carbonyl (C=O) groups excluding carboxylic acids is 2. The number of hydrogen-bond acceptors (Lipinski definition) is 3. The molecule has 0 saturated carbocycles. The molecule has 126 valence electrons. The number of amides is 2. The Morgan fingerprint density at radius 2 is 1.75 bits per heavy atom. The summed E-state index contributed by atoms with van der Waals surface area (Å²) in [5, 5.41) is 6.01. The van der Waals surface area contributed by atoms with Gasteiger partial charge >= 0.3 is 0 Å². The van der Waals surface area contributed by atoms with Crippen LogP contribution in [0.1, 0.15) is 20.3 Å². The van der Waals surface area contributed by atoms with Crippen molar-refractivity contribution < 1.29 is 14.3 Å². The monoisotopic (exact) mass is 346 g/mol. The molecule has 2 aromatic carbocycles. The van der Waals surface area contributed by atoms with Gasteiger partial charge in [-0.05, 0) is 42.8 Å². The first-order valence-electron chi connectivity index (χ1n) is 7.58. The number of carbonyl (C=O) groups is 2. The van der Waals surface area contributed by atoms with Crippen molar-refractivity contribution in [3.63, 3.8) is 0 Å². The lowest BCUT2D eigenvalue weighted by atomic mass is 10.2. The van der Waals surface area contributed by atoms with Crippen LogP contribution < -0.4 is 15.4 Å². The Bertz CT molecular complexity index is 734. The molecule has 0 aliphatic heterocycles. The maximum atomic E-state index is 12.4. The second-order valence-corrected chi connectivity index (χ2v) is 5.66. The molecule has 0 bridgehead atoms. The summed E-state index contributed by atoms with van der Waals surface area (Å²) in [6.07, 6.45) is -0.142. The van der Waals surface area contributed by atoms with Crippen LogP contribution in [-0.2, 0) is 9.59 Å². The van der Waals surface area contributed by atoms with Crippen LogP contribution in [0.3, 0.4) is 0 Å². The molecule has 0 unspecified atom stereocenters. The lowest BCUT2D eigenvalue weighted by molar-refractivity contribution is -0.122. The smallest absolute Gasteiger partial charge is 0.265 e. The van der Waals surface area contributed by atoms with Gasteiger partial charge in [-0.15, -0.1) is 0 Å². The van der Waals surface area contributed by atoms with Gasteiger partial charge in [0.1, 0.15) is 5.75 Å². The quantitative estimate of drug-likeness (QED) is 0.827. The van der Waals surface area contributed by atoms with Crippen LogP contribution >= 0.6 is 11.6 Å². The topological polar surface area (TPSA) is 67.4 Å².